The molecule has 0 aliphatic heterocycles. The van der Waals surface area contributed by atoms with Crippen molar-refractivity contribution in [3.05, 3.63) is 27.7 Å². The summed E-state index contributed by atoms with van der Waals surface area (Å²) < 4.78 is 6.53. The Morgan fingerprint density at radius 1 is 1.18 bits per heavy atom. The van der Waals surface area contributed by atoms with E-state index in [0.717, 1.165) is 22.6 Å². The van der Waals surface area contributed by atoms with Crippen LogP contribution in [0, 0.1) is 5.92 Å². The molecule has 0 N–H and O–H groups in total. The maximum absolute atomic E-state index is 5.45. The van der Waals surface area contributed by atoms with Gasteiger partial charge in [0.05, 0.1) is 11.6 Å². The molecule has 1 fully saturated rings. The number of hydrogen-bond acceptors (Lipinski definition) is 1. The van der Waals surface area contributed by atoms with Crippen LogP contribution in [0.4, 0.5) is 0 Å². The summed E-state index contributed by atoms with van der Waals surface area (Å²) in [7, 11) is 1.75. The molecule has 0 spiro atoms. The first-order valence-electron chi connectivity index (χ1n) is 9.03. The van der Waals surface area contributed by atoms with Gasteiger partial charge < -0.3 is 4.74 Å². The fourth-order valence-corrected chi connectivity index (χ4v) is 3.42. The largest absolute Gasteiger partial charge is 0.496 e. The Morgan fingerprint density at radius 2 is 1.77 bits per heavy atom. The minimum absolute atomic E-state index is 0.669. The van der Waals surface area contributed by atoms with Crippen LogP contribution in [0.15, 0.2) is 16.6 Å². The molecular weight excluding hydrogens is 336 g/mol. The third-order valence-electron chi connectivity index (χ3n) is 4.28. The summed E-state index contributed by atoms with van der Waals surface area (Å²) >= 11 is 3.60. The molecular formula is C20H35BrO. The highest BCUT2D eigenvalue weighted by Crippen LogP contribution is 2.42. The molecule has 1 saturated carbocycles. The summed E-state index contributed by atoms with van der Waals surface area (Å²) in [6, 6.07) is 4.50. The lowest BCUT2D eigenvalue weighted by molar-refractivity contribution is 0.271. The van der Waals surface area contributed by atoms with Crippen molar-refractivity contribution < 1.29 is 4.74 Å². The molecule has 1 aliphatic carbocycles. The van der Waals surface area contributed by atoms with E-state index in [-0.39, 0.29) is 0 Å². The van der Waals surface area contributed by atoms with Crippen LogP contribution in [0.2, 0.25) is 0 Å². The van der Waals surface area contributed by atoms with E-state index >= 15 is 0 Å². The van der Waals surface area contributed by atoms with Crippen LogP contribution in [-0.2, 0) is 6.42 Å². The molecule has 1 aromatic carbocycles. The smallest absolute Gasteiger partial charge is 0.133 e. The maximum atomic E-state index is 5.45. The van der Waals surface area contributed by atoms with E-state index in [1.807, 2.05) is 27.7 Å². The monoisotopic (exact) mass is 370 g/mol. The van der Waals surface area contributed by atoms with Gasteiger partial charge in [-0.1, -0.05) is 54.4 Å². The molecule has 0 aromatic heterocycles. The van der Waals surface area contributed by atoms with Gasteiger partial charge in [-0.3, -0.25) is 0 Å². The third-order valence-corrected chi connectivity index (χ3v) is 4.90. The molecule has 1 unspecified atom stereocenters. The third kappa shape index (κ3) is 5.61. The quantitative estimate of drug-likeness (QED) is 0.525. The predicted octanol–water partition coefficient (Wildman–Crippen LogP) is 7.37. The minimum atomic E-state index is 0.669. The number of hydrogen-bond donors (Lipinski definition) is 0. The molecule has 128 valence electrons. The molecule has 0 heterocycles. The maximum Gasteiger partial charge on any atom is 0.133 e. The number of methoxy groups -OCH3 is 1. The normalized spacial score (nSPS) is 14.7. The Balaban J connectivity index is 0.00000102. The van der Waals surface area contributed by atoms with Crippen molar-refractivity contribution in [3.63, 3.8) is 0 Å². The van der Waals surface area contributed by atoms with E-state index in [2.05, 4.69) is 41.9 Å². The van der Waals surface area contributed by atoms with Crippen molar-refractivity contribution in [2.45, 2.75) is 79.6 Å². The Kier molecular flexibility index (Phi) is 11.7. The lowest BCUT2D eigenvalue weighted by atomic mass is 9.73. The second-order valence-corrected chi connectivity index (χ2v) is 6.27. The van der Waals surface area contributed by atoms with Crippen molar-refractivity contribution in [1.29, 1.82) is 0 Å². The number of ether oxygens (including phenoxy) is 1. The van der Waals surface area contributed by atoms with Crippen molar-refractivity contribution in [1.82, 2.24) is 0 Å². The van der Waals surface area contributed by atoms with Crippen molar-refractivity contribution in [2.75, 3.05) is 7.11 Å². The highest BCUT2D eigenvalue weighted by atomic mass is 79.9. The standard InChI is InChI=1S/C16H23BrO.2C2H6/c1-4-6-13-9-15(17)16(18-3)10-14(13)11(2)12-7-5-8-12;2*1-2/h9-12H,4-8H2,1-3H3;2*1-2H3. The van der Waals surface area contributed by atoms with Gasteiger partial charge in [0.25, 0.3) is 0 Å². The first kappa shape index (κ1) is 21.5. The Hall–Kier alpha value is -0.500. The average molecular weight is 371 g/mol. The van der Waals surface area contributed by atoms with E-state index in [1.54, 1.807) is 7.11 Å². The fraction of sp³-hybridized carbons (Fsp3) is 0.700. The Morgan fingerprint density at radius 3 is 2.18 bits per heavy atom. The molecule has 1 aromatic rings. The van der Waals surface area contributed by atoms with Crippen LogP contribution in [0.25, 0.3) is 0 Å². The molecule has 1 nitrogen and oxygen atoms in total. The first-order valence-corrected chi connectivity index (χ1v) is 9.83. The number of halogens is 1. The highest BCUT2D eigenvalue weighted by Gasteiger charge is 2.27. The predicted molar refractivity (Wildman–Crippen MR) is 103 cm³/mol. The van der Waals surface area contributed by atoms with Crippen LogP contribution in [-0.4, -0.2) is 7.11 Å². The molecule has 0 radical (unpaired) electrons. The highest BCUT2D eigenvalue weighted by molar-refractivity contribution is 9.10. The fourth-order valence-electron chi connectivity index (χ4n) is 2.87. The summed E-state index contributed by atoms with van der Waals surface area (Å²) in [5.41, 5.74) is 2.99. The van der Waals surface area contributed by atoms with Gasteiger partial charge in [-0.05, 0) is 70.3 Å². The van der Waals surface area contributed by atoms with Gasteiger partial charge in [0.15, 0.2) is 0 Å². The Bertz CT molecular complexity index is 410. The summed E-state index contributed by atoms with van der Waals surface area (Å²) in [5, 5.41) is 0. The van der Waals surface area contributed by atoms with Crippen LogP contribution >= 0.6 is 15.9 Å². The summed E-state index contributed by atoms with van der Waals surface area (Å²) in [6.45, 7) is 12.6. The average Bonchev–Trinajstić information content (AvgIpc) is 2.50. The number of benzene rings is 1. The van der Waals surface area contributed by atoms with Gasteiger partial charge in [0.1, 0.15) is 5.75 Å². The van der Waals surface area contributed by atoms with E-state index in [9.17, 15) is 0 Å². The summed E-state index contributed by atoms with van der Waals surface area (Å²) in [6.07, 6.45) is 6.56. The van der Waals surface area contributed by atoms with Crippen molar-refractivity contribution in [2.24, 2.45) is 5.92 Å². The SMILES string of the molecule is CC.CC.CCCc1cc(Br)c(OC)cc1C(C)C1CCC1. The zero-order valence-electron chi connectivity index (χ0n) is 15.6. The van der Waals surface area contributed by atoms with Gasteiger partial charge >= 0.3 is 0 Å². The van der Waals surface area contributed by atoms with E-state index in [0.29, 0.717) is 5.92 Å². The lowest BCUT2D eigenvalue weighted by Crippen LogP contribution is -2.19. The minimum Gasteiger partial charge on any atom is -0.496 e. The van der Waals surface area contributed by atoms with E-state index < -0.39 is 0 Å². The van der Waals surface area contributed by atoms with Crippen molar-refractivity contribution >= 4 is 15.9 Å². The van der Waals surface area contributed by atoms with Gasteiger partial charge in [-0.15, -0.1) is 0 Å². The molecule has 0 saturated heterocycles. The number of rotatable bonds is 5. The Labute approximate surface area is 147 Å². The zero-order valence-corrected chi connectivity index (χ0v) is 17.2. The molecule has 0 bridgehead atoms. The molecule has 22 heavy (non-hydrogen) atoms. The summed E-state index contributed by atoms with van der Waals surface area (Å²) in [5.74, 6) is 2.52. The molecule has 0 amide bonds. The van der Waals surface area contributed by atoms with Gasteiger partial charge in [-0.2, -0.15) is 0 Å². The van der Waals surface area contributed by atoms with Crippen LogP contribution in [0.1, 0.15) is 84.3 Å². The molecule has 1 aliphatic rings. The second kappa shape index (κ2) is 12.0. The van der Waals surface area contributed by atoms with Gasteiger partial charge in [-0.25, -0.2) is 0 Å². The van der Waals surface area contributed by atoms with Crippen molar-refractivity contribution in [3.8, 4) is 5.75 Å². The summed E-state index contributed by atoms with van der Waals surface area (Å²) in [4.78, 5) is 0. The molecule has 1 atom stereocenters. The zero-order chi connectivity index (χ0) is 17.1. The topological polar surface area (TPSA) is 9.23 Å². The van der Waals surface area contributed by atoms with Gasteiger partial charge in [0.2, 0.25) is 0 Å². The number of aryl methyl sites for hydroxylation is 1. The van der Waals surface area contributed by atoms with E-state index in [1.165, 1.54) is 36.8 Å². The molecule has 2 rings (SSSR count). The van der Waals surface area contributed by atoms with Crippen LogP contribution in [0.5, 0.6) is 5.75 Å². The van der Waals surface area contributed by atoms with Gasteiger partial charge in [0, 0.05) is 0 Å². The van der Waals surface area contributed by atoms with Crippen LogP contribution in [0.3, 0.4) is 0 Å². The van der Waals surface area contributed by atoms with Crippen LogP contribution < -0.4 is 4.74 Å². The molecule has 2 heteroatoms. The second-order valence-electron chi connectivity index (χ2n) is 5.42. The first-order chi connectivity index (χ1) is 10.7. The lowest BCUT2D eigenvalue weighted by Gasteiger charge is -2.33. The van der Waals surface area contributed by atoms with E-state index in [4.69, 9.17) is 4.74 Å².